The molecule has 0 fully saturated rings. The lowest BCUT2D eigenvalue weighted by molar-refractivity contribution is 0.481. The topological polar surface area (TPSA) is 170 Å². The summed E-state index contributed by atoms with van der Waals surface area (Å²) >= 11 is 0. The minimum atomic E-state index is -4.61. The fourth-order valence-electron chi connectivity index (χ4n) is 4.96. The SMILES string of the molecule is Cc1ccccc1N=Nc1ccc(N=Nc2ccc(Nc3ccccc3)c3c(S(=O)(=O)O)cccc23)c2ccc(S(=O)(=O)O)cc12. The van der Waals surface area contributed by atoms with Crippen LogP contribution in [0.2, 0.25) is 0 Å². The van der Waals surface area contributed by atoms with E-state index in [1.165, 1.54) is 30.3 Å². The van der Waals surface area contributed by atoms with Gasteiger partial charge >= 0.3 is 0 Å². The minimum Gasteiger partial charge on any atom is -0.355 e. The third kappa shape index (κ3) is 6.39. The van der Waals surface area contributed by atoms with Crippen molar-refractivity contribution in [1.29, 1.82) is 0 Å². The molecule has 230 valence electrons. The molecular formula is C33H25N5O6S2. The van der Waals surface area contributed by atoms with Crippen molar-refractivity contribution in [1.82, 2.24) is 0 Å². The van der Waals surface area contributed by atoms with Crippen LogP contribution in [-0.2, 0) is 20.2 Å². The van der Waals surface area contributed by atoms with Gasteiger partial charge in [0.1, 0.15) is 4.90 Å². The van der Waals surface area contributed by atoms with Gasteiger partial charge in [-0.2, -0.15) is 21.9 Å². The van der Waals surface area contributed by atoms with Gasteiger partial charge in [0.25, 0.3) is 20.2 Å². The van der Waals surface area contributed by atoms with Crippen LogP contribution in [-0.4, -0.2) is 25.9 Å². The highest BCUT2D eigenvalue weighted by Crippen LogP contribution is 2.40. The van der Waals surface area contributed by atoms with E-state index in [0.717, 1.165) is 5.56 Å². The first-order valence-corrected chi connectivity index (χ1v) is 16.7. The van der Waals surface area contributed by atoms with Crippen LogP contribution in [0.15, 0.2) is 146 Å². The maximum Gasteiger partial charge on any atom is 0.295 e. The molecule has 0 saturated carbocycles. The van der Waals surface area contributed by atoms with E-state index >= 15 is 0 Å². The van der Waals surface area contributed by atoms with Gasteiger partial charge < -0.3 is 5.32 Å². The highest BCUT2D eigenvalue weighted by Gasteiger charge is 2.19. The summed E-state index contributed by atoms with van der Waals surface area (Å²) < 4.78 is 68.4. The minimum absolute atomic E-state index is 0.222. The Morgan fingerprint density at radius 2 is 1.15 bits per heavy atom. The van der Waals surface area contributed by atoms with Gasteiger partial charge in [0.2, 0.25) is 0 Å². The summed E-state index contributed by atoms with van der Waals surface area (Å²) in [6.07, 6.45) is 0. The molecule has 0 heterocycles. The van der Waals surface area contributed by atoms with E-state index in [9.17, 15) is 25.9 Å². The van der Waals surface area contributed by atoms with E-state index < -0.39 is 20.2 Å². The standard InChI is InChI=1S/C33H25N5O6S2/c1-21-8-5-6-12-27(21)35-38-30-17-16-28(24-15-14-23(20-26(24)30)45(39,40)41)36-37-29-18-19-31(34-22-9-3-2-4-10-22)33-25(29)11-7-13-32(33)46(42,43)44/h2-20,34H,1H3,(H,39,40,41)(H,42,43,44). The van der Waals surface area contributed by atoms with Crippen LogP contribution in [0.25, 0.3) is 21.5 Å². The number of hydrogen-bond acceptors (Lipinski definition) is 9. The Morgan fingerprint density at radius 1 is 0.543 bits per heavy atom. The first-order valence-electron chi connectivity index (χ1n) is 13.8. The Labute approximate surface area is 264 Å². The van der Waals surface area contributed by atoms with E-state index in [1.54, 1.807) is 36.4 Å². The molecule has 0 unspecified atom stereocenters. The highest BCUT2D eigenvalue weighted by molar-refractivity contribution is 7.86. The zero-order chi connectivity index (χ0) is 32.5. The predicted molar refractivity (Wildman–Crippen MR) is 177 cm³/mol. The molecule has 0 saturated heterocycles. The number of azo groups is 2. The van der Waals surface area contributed by atoms with Crippen molar-refractivity contribution < 1.29 is 25.9 Å². The highest BCUT2D eigenvalue weighted by atomic mass is 32.2. The number of aryl methyl sites for hydroxylation is 1. The molecule has 3 N–H and O–H groups in total. The van der Waals surface area contributed by atoms with Gasteiger partial charge in [-0.05, 0) is 73.2 Å². The van der Waals surface area contributed by atoms with Gasteiger partial charge in [0.05, 0.1) is 27.6 Å². The molecular weight excluding hydrogens is 627 g/mol. The predicted octanol–water partition coefficient (Wildman–Crippen LogP) is 9.37. The monoisotopic (exact) mass is 651 g/mol. The second kappa shape index (κ2) is 12.2. The molecule has 0 aliphatic heterocycles. The lowest BCUT2D eigenvalue weighted by Gasteiger charge is -2.14. The summed E-state index contributed by atoms with van der Waals surface area (Å²) in [4.78, 5) is -0.626. The summed E-state index contributed by atoms with van der Waals surface area (Å²) in [6.45, 7) is 1.89. The van der Waals surface area contributed by atoms with Crippen LogP contribution in [0, 0.1) is 6.92 Å². The van der Waals surface area contributed by atoms with Crippen LogP contribution >= 0.6 is 0 Å². The molecule has 0 atom stereocenters. The second-order valence-corrected chi connectivity index (χ2v) is 13.1. The molecule has 6 aromatic carbocycles. The van der Waals surface area contributed by atoms with E-state index in [2.05, 4.69) is 25.8 Å². The summed E-state index contributed by atoms with van der Waals surface area (Å²) in [5.41, 5.74) is 3.66. The van der Waals surface area contributed by atoms with Crippen molar-refractivity contribution in [3.63, 3.8) is 0 Å². The fraction of sp³-hybridized carbons (Fsp3) is 0.0303. The fourth-order valence-corrected chi connectivity index (χ4v) is 6.20. The van der Waals surface area contributed by atoms with Crippen LogP contribution in [0.4, 0.5) is 34.1 Å². The molecule has 0 bridgehead atoms. The van der Waals surface area contributed by atoms with E-state index in [0.29, 0.717) is 50.3 Å². The van der Waals surface area contributed by atoms with Crippen molar-refractivity contribution in [2.45, 2.75) is 16.7 Å². The third-order valence-corrected chi connectivity index (χ3v) is 8.94. The Balaban J connectivity index is 1.48. The van der Waals surface area contributed by atoms with Crippen molar-refractivity contribution in [2.24, 2.45) is 20.5 Å². The molecule has 0 spiro atoms. The maximum absolute atomic E-state index is 12.4. The van der Waals surface area contributed by atoms with Crippen LogP contribution in [0.1, 0.15) is 5.56 Å². The van der Waals surface area contributed by atoms with E-state index in [4.69, 9.17) is 0 Å². The molecule has 6 aromatic rings. The van der Waals surface area contributed by atoms with Gasteiger partial charge in [-0.25, -0.2) is 0 Å². The Bertz CT molecular complexity index is 2410. The Kier molecular flexibility index (Phi) is 8.15. The molecule has 11 nitrogen and oxygen atoms in total. The zero-order valence-electron chi connectivity index (χ0n) is 24.1. The van der Waals surface area contributed by atoms with Crippen molar-refractivity contribution >= 4 is 75.9 Å². The number of para-hydroxylation sites is 1. The first kappa shape index (κ1) is 30.7. The summed E-state index contributed by atoms with van der Waals surface area (Å²) in [6, 6.07) is 31.6. The normalized spacial score (nSPS) is 12.4. The lowest BCUT2D eigenvalue weighted by Crippen LogP contribution is -2.01. The van der Waals surface area contributed by atoms with Gasteiger partial charge in [0, 0.05) is 32.9 Å². The van der Waals surface area contributed by atoms with E-state index in [1.807, 2.05) is 55.5 Å². The molecule has 0 aliphatic rings. The number of fused-ring (bicyclic) bond motifs is 2. The molecule has 13 heteroatoms. The zero-order valence-corrected chi connectivity index (χ0v) is 25.7. The molecule has 6 rings (SSSR count). The first-order chi connectivity index (χ1) is 22.0. The number of benzene rings is 6. The van der Waals surface area contributed by atoms with Crippen molar-refractivity contribution in [3.8, 4) is 0 Å². The molecule has 0 amide bonds. The van der Waals surface area contributed by atoms with Gasteiger partial charge in [-0.15, -0.1) is 15.3 Å². The van der Waals surface area contributed by atoms with E-state index in [-0.39, 0.29) is 15.2 Å². The summed E-state index contributed by atoms with van der Waals surface area (Å²) in [5.74, 6) is 0. The quantitative estimate of drug-likeness (QED) is 0.109. The summed E-state index contributed by atoms with van der Waals surface area (Å²) in [7, 11) is -9.13. The number of nitrogens with one attached hydrogen (secondary N) is 1. The molecule has 46 heavy (non-hydrogen) atoms. The number of rotatable bonds is 8. The maximum atomic E-state index is 12.4. The van der Waals surface area contributed by atoms with Crippen molar-refractivity contribution in [3.05, 3.63) is 121 Å². The number of hydrogen-bond donors (Lipinski definition) is 3. The Morgan fingerprint density at radius 3 is 1.83 bits per heavy atom. The van der Waals surface area contributed by atoms with Gasteiger partial charge in [0.15, 0.2) is 0 Å². The smallest absolute Gasteiger partial charge is 0.295 e. The summed E-state index contributed by atoms with van der Waals surface area (Å²) in [5, 5.41) is 22.2. The number of anilines is 2. The third-order valence-electron chi connectivity index (χ3n) is 7.20. The average Bonchev–Trinajstić information content (AvgIpc) is 3.03. The largest absolute Gasteiger partial charge is 0.355 e. The van der Waals surface area contributed by atoms with Crippen molar-refractivity contribution in [2.75, 3.05) is 5.32 Å². The van der Waals surface area contributed by atoms with Gasteiger partial charge in [-0.1, -0.05) is 54.6 Å². The van der Waals surface area contributed by atoms with Crippen LogP contribution in [0.3, 0.4) is 0 Å². The molecule has 0 aliphatic carbocycles. The second-order valence-electron chi connectivity index (χ2n) is 10.2. The van der Waals surface area contributed by atoms with Crippen LogP contribution < -0.4 is 5.32 Å². The Hall–Kier alpha value is -5.34. The average molecular weight is 652 g/mol. The number of nitrogens with zero attached hydrogens (tertiary/aromatic N) is 4. The van der Waals surface area contributed by atoms with Crippen LogP contribution in [0.5, 0.6) is 0 Å². The molecule has 0 aromatic heterocycles. The molecule has 0 radical (unpaired) electrons. The van der Waals surface area contributed by atoms with Gasteiger partial charge in [-0.3, -0.25) is 9.11 Å². The lowest BCUT2D eigenvalue weighted by atomic mass is 10.1.